The maximum atomic E-state index is 13.0. The van der Waals surface area contributed by atoms with Gasteiger partial charge in [-0.1, -0.05) is 0 Å². The standard InChI is InChI=1S/C11H11FN2O/c1-14-9-3-2-7(12)6-8(9)13-10(15)11(14)4-5-11/h2-3,6H,4-5H2,1H3,(H,13,15). The fourth-order valence-corrected chi connectivity index (χ4v) is 2.20. The lowest BCUT2D eigenvalue weighted by molar-refractivity contribution is -0.118. The number of hydrogen-bond donors (Lipinski definition) is 1. The molecule has 15 heavy (non-hydrogen) atoms. The summed E-state index contributed by atoms with van der Waals surface area (Å²) in [5.41, 5.74) is 1.11. The predicted molar refractivity (Wildman–Crippen MR) is 55.4 cm³/mol. The molecule has 0 atom stereocenters. The number of nitrogens with zero attached hydrogens (tertiary/aromatic N) is 1. The number of anilines is 2. The van der Waals surface area contributed by atoms with Crippen molar-refractivity contribution < 1.29 is 9.18 Å². The summed E-state index contributed by atoms with van der Waals surface area (Å²) >= 11 is 0. The highest BCUT2D eigenvalue weighted by molar-refractivity contribution is 6.08. The first-order chi connectivity index (χ1) is 7.13. The molecule has 1 spiro atoms. The Hall–Kier alpha value is -1.58. The van der Waals surface area contributed by atoms with Crippen molar-refractivity contribution in [2.24, 2.45) is 0 Å². The summed E-state index contributed by atoms with van der Waals surface area (Å²) in [6, 6.07) is 4.49. The van der Waals surface area contributed by atoms with Gasteiger partial charge in [0.15, 0.2) is 0 Å². The molecule has 0 radical (unpaired) electrons. The zero-order valence-corrected chi connectivity index (χ0v) is 8.38. The number of rotatable bonds is 0. The molecule has 3 nitrogen and oxygen atoms in total. The van der Waals surface area contributed by atoms with Crippen LogP contribution < -0.4 is 10.2 Å². The van der Waals surface area contributed by atoms with Crippen LogP contribution in [0.1, 0.15) is 12.8 Å². The molecule has 78 valence electrons. The second kappa shape index (κ2) is 2.51. The Morgan fingerprint density at radius 3 is 2.87 bits per heavy atom. The van der Waals surface area contributed by atoms with E-state index in [-0.39, 0.29) is 17.3 Å². The first-order valence-corrected chi connectivity index (χ1v) is 4.98. The van der Waals surface area contributed by atoms with Gasteiger partial charge in [-0.25, -0.2) is 4.39 Å². The van der Waals surface area contributed by atoms with Crippen LogP contribution in [-0.2, 0) is 4.79 Å². The minimum atomic E-state index is -0.356. The zero-order valence-electron chi connectivity index (χ0n) is 8.38. The molecule has 0 saturated heterocycles. The van der Waals surface area contributed by atoms with Crippen molar-refractivity contribution in [3.8, 4) is 0 Å². The maximum Gasteiger partial charge on any atom is 0.250 e. The van der Waals surface area contributed by atoms with E-state index in [0.29, 0.717) is 5.69 Å². The molecule has 1 heterocycles. The Kier molecular flexibility index (Phi) is 1.45. The summed E-state index contributed by atoms with van der Waals surface area (Å²) in [6.07, 6.45) is 1.76. The van der Waals surface area contributed by atoms with Crippen molar-refractivity contribution in [1.29, 1.82) is 0 Å². The smallest absolute Gasteiger partial charge is 0.250 e. The summed E-state index contributed by atoms with van der Waals surface area (Å²) in [6.45, 7) is 0. The predicted octanol–water partition coefficient (Wildman–Crippen LogP) is 1.75. The second-order valence-corrected chi connectivity index (χ2v) is 4.21. The Labute approximate surface area is 86.9 Å². The quantitative estimate of drug-likeness (QED) is 0.701. The van der Waals surface area contributed by atoms with Gasteiger partial charge in [-0.05, 0) is 31.0 Å². The molecule has 1 aliphatic heterocycles. The molecule has 1 amide bonds. The minimum absolute atomic E-state index is 0.0110. The van der Waals surface area contributed by atoms with Crippen LogP contribution in [0.3, 0.4) is 0 Å². The number of carbonyl (C=O) groups is 1. The van der Waals surface area contributed by atoms with E-state index >= 15 is 0 Å². The highest BCUT2D eigenvalue weighted by Crippen LogP contribution is 2.49. The minimum Gasteiger partial charge on any atom is -0.358 e. The van der Waals surface area contributed by atoms with Crippen molar-refractivity contribution in [2.75, 3.05) is 17.3 Å². The van der Waals surface area contributed by atoms with Gasteiger partial charge in [-0.3, -0.25) is 4.79 Å². The molecule has 1 aromatic carbocycles. The Balaban J connectivity index is 2.13. The van der Waals surface area contributed by atoms with Crippen LogP contribution in [0.25, 0.3) is 0 Å². The lowest BCUT2D eigenvalue weighted by Crippen LogP contribution is -2.48. The van der Waals surface area contributed by atoms with Gasteiger partial charge in [0.25, 0.3) is 0 Å². The van der Waals surface area contributed by atoms with Crippen molar-refractivity contribution in [1.82, 2.24) is 0 Å². The van der Waals surface area contributed by atoms with E-state index in [0.717, 1.165) is 18.5 Å². The summed E-state index contributed by atoms with van der Waals surface area (Å²) in [4.78, 5) is 13.7. The van der Waals surface area contributed by atoms with Gasteiger partial charge in [0.2, 0.25) is 5.91 Å². The Bertz CT molecular complexity index is 454. The lowest BCUT2D eigenvalue weighted by atomic mass is 10.1. The van der Waals surface area contributed by atoms with E-state index < -0.39 is 0 Å². The van der Waals surface area contributed by atoms with Gasteiger partial charge in [-0.15, -0.1) is 0 Å². The first kappa shape index (κ1) is 8.71. The number of nitrogens with one attached hydrogen (secondary N) is 1. The molecule has 0 aromatic heterocycles. The van der Waals surface area contributed by atoms with E-state index in [1.54, 1.807) is 6.07 Å². The van der Waals surface area contributed by atoms with Crippen LogP contribution in [-0.4, -0.2) is 18.5 Å². The highest BCUT2D eigenvalue weighted by Gasteiger charge is 2.56. The average molecular weight is 206 g/mol. The van der Waals surface area contributed by atoms with Gasteiger partial charge >= 0.3 is 0 Å². The third-order valence-electron chi connectivity index (χ3n) is 3.36. The van der Waals surface area contributed by atoms with Gasteiger partial charge in [0, 0.05) is 7.05 Å². The van der Waals surface area contributed by atoms with Crippen LogP contribution in [0.4, 0.5) is 15.8 Å². The monoisotopic (exact) mass is 206 g/mol. The van der Waals surface area contributed by atoms with Crippen LogP contribution in [0, 0.1) is 5.82 Å². The number of hydrogen-bond acceptors (Lipinski definition) is 2. The molecule has 1 saturated carbocycles. The van der Waals surface area contributed by atoms with Crippen LogP contribution >= 0.6 is 0 Å². The van der Waals surface area contributed by atoms with Crippen molar-refractivity contribution >= 4 is 17.3 Å². The normalized spacial score (nSPS) is 21.2. The number of likely N-dealkylation sites (N-methyl/N-ethyl adjacent to an activating group) is 1. The van der Waals surface area contributed by atoms with E-state index in [9.17, 15) is 9.18 Å². The van der Waals surface area contributed by atoms with Crippen molar-refractivity contribution in [3.05, 3.63) is 24.0 Å². The number of fused-ring (bicyclic) bond motifs is 1. The zero-order chi connectivity index (χ0) is 10.6. The highest BCUT2D eigenvalue weighted by atomic mass is 19.1. The molecular weight excluding hydrogens is 195 g/mol. The van der Waals surface area contributed by atoms with E-state index in [2.05, 4.69) is 5.32 Å². The summed E-state index contributed by atoms with van der Waals surface area (Å²) in [5, 5.41) is 2.76. The molecule has 0 unspecified atom stereocenters. The fourth-order valence-electron chi connectivity index (χ4n) is 2.20. The topological polar surface area (TPSA) is 32.3 Å². The Morgan fingerprint density at radius 1 is 1.47 bits per heavy atom. The van der Waals surface area contributed by atoms with E-state index in [4.69, 9.17) is 0 Å². The van der Waals surface area contributed by atoms with Crippen LogP contribution in [0.15, 0.2) is 18.2 Å². The number of amides is 1. The molecule has 1 N–H and O–H groups in total. The van der Waals surface area contributed by atoms with Crippen molar-refractivity contribution in [3.63, 3.8) is 0 Å². The van der Waals surface area contributed by atoms with E-state index in [1.165, 1.54) is 12.1 Å². The molecule has 2 aliphatic rings. The van der Waals surface area contributed by atoms with Crippen molar-refractivity contribution in [2.45, 2.75) is 18.4 Å². The molecule has 1 fully saturated rings. The lowest BCUT2D eigenvalue weighted by Gasteiger charge is -2.35. The number of benzene rings is 1. The number of halogens is 1. The summed E-state index contributed by atoms with van der Waals surface area (Å²) in [5.74, 6) is -0.336. The summed E-state index contributed by atoms with van der Waals surface area (Å²) in [7, 11) is 1.89. The van der Waals surface area contributed by atoms with Crippen LogP contribution in [0.2, 0.25) is 0 Å². The average Bonchev–Trinajstić information content (AvgIpc) is 2.96. The molecule has 3 rings (SSSR count). The largest absolute Gasteiger partial charge is 0.358 e. The molecule has 1 aromatic rings. The summed E-state index contributed by atoms with van der Waals surface area (Å²) < 4.78 is 13.0. The van der Waals surface area contributed by atoms with Gasteiger partial charge in [-0.2, -0.15) is 0 Å². The molecule has 1 aliphatic carbocycles. The molecular formula is C11H11FN2O. The van der Waals surface area contributed by atoms with Gasteiger partial charge < -0.3 is 10.2 Å². The molecule has 0 bridgehead atoms. The van der Waals surface area contributed by atoms with Gasteiger partial charge in [0.1, 0.15) is 11.4 Å². The SMILES string of the molecule is CN1c2ccc(F)cc2NC(=O)C12CC2. The maximum absolute atomic E-state index is 13.0. The first-order valence-electron chi connectivity index (χ1n) is 4.98. The third kappa shape index (κ3) is 1.02. The van der Waals surface area contributed by atoms with Crippen LogP contribution in [0.5, 0.6) is 0 Å². The van der Waals surface area contributed by atoms with Gasteiger partial charge in [0.05, 0.1) is 11.4 Å². The molecule has 4 heteroatoms. The second-order valence-electron chi connectivity index (χ2n) is 4.21. The number of carbonyl (C=O) groups excluding carboxylic acids is 1. The van der Waals surface area contributed by atoms with E-state index in [1.807, 2.05) is 11.9 Å². The third-order valence-corrected chi connectivity index (χ3v) is 3.36. The fraction of sp³-hybridized carbons (Fsp3) is 0.364. The Morgan fingerprint density at radius 2 is 2.20 bits per heavy atom.